The summed E-state index contributed by atoms with van der Waals surface area (Å²) in [7, 11) is 0. The first-order chi connectivity index (χ1) is 9.32. The highest BCUT2D eigenvalue weighted by Gasteiger charge is 2.15. The molecule has 0 unspecified atom stereocenters. The Morgan fingerprint density at radius 2 is 1.10 bits per heavy atom. The molecule has 0 saturated heterocycles. The highest BCUT2D eigenvalue weighted by molar-refractivity contribution is 7.96. The number of carbonyl (C=O) groups excluding carboxylic acids is 2. The van der Waals surface area contributed by atoms with Crippen LogP contribution in [0.4, 0.5) is 9.59 Å². The lowest BCUT2D eigenvalue weighted by Gasteiger charge is -2.28. The quantitative estimate of drug-likeness (QED) is 0.592. The van der Waals surface area contributed by atoms with Gasteiger partial charge in [0.1, 0.15) is 0 Å². The SMILES string of the molecule is CC(C)N(C(=O)S)C(C)C.CC(C)NC(C)C.NC(=O)S. The summed E-state index contributed by atoms with van der Waals surface area (Å²) in [6.45, 7) is 16.5. The minimum atomic E-state index is -0.639. The number of rotatable bonds is 4. The molecule has 0 heterocycles. The van der Waals surface area contributed by atoms with Crippen molar-refractivity contribution in [2.24, 2.45) is 5.73 Å². The molecule has 0 bridgehead atoms. The average molecular weight is 340 g/mol. The lowest BCUT2D eigenvalue weighted by atomic mass is 10.2. The Bertz CT molecular complexity index is 265. The molecule has 128 valence electrons. The van der Waals surface area contributed by atoms with Gasteiger partial charge >= 0.3 is 0 Å². The number of thiol groups is 2. The second-order valence-electron chi connectivity index (χ2n) is 5.69. The monoisotopic (exact) mass is 339 g/mol. The van der Waals surface area contributed by atoms with Crippen molar-refractivity contribution in [3.05, 3.63) is 0 Å². The molecule has 5 nitrogen and oxygen atoms in total. The van der Waals surface area contributed by atoms with Crippen LogP contribution in [0.1, 0.15) is 55.4 Å². The summed E-state index contributed by atoms with van der Waals surface area (Å²) in [5.74, 6) is 0. The van der Waals surface area contributed by atoms with Crippen LogP contribution in [0.15, 0.2) is 0 Å². The van der Waals surface area contributed by atoms with Crippen LogP contribution in [-0.4, -0.2) is 39.5 Å². The van der Waals surface area contributed by atoms with Gasteiger partial charge in [0.25, 0.3) is 10.5 Å². The molecule has 0 saturated carbocycles. The third kappa shape index (κ3) is 24.9. The second-order valence-corrected chi connectivity index (χ2v) is 6.51. The Kier molecular flexibility index (Phi) is 17.7. The number of nitrogens with two attached hydrogens (primary N) is 1. The largest absolute Gasteiger partial charge is 0.361 e. The third-order valence-corrected chi connectivity index (χ3v) is 2.23. The number of nitrogens with zero attached hydrogens (tertiary/aromatic N) is 1. The minimum absolute atomic E-state index is 0.148. The molecule has 0 atom stereocenters. The van der Waals surface area contributed by atoms with Crippen molar-refractivity contribution < 1.29 is 9.59 Å². The van der Waals surface area contributed by atoms with Crippen molar-refractivity contribution in [3.63, 3.8) is 0 Å². The van der Waals surface area contributed by atoms with Crippen molar-refractivity contribution >= 4 is 35.7 Å². The highest BCUT2D eigenvalue weighted by Crippen LogP contribution is 2.07. The molecule has 0 spiro atoms. The van der Waals surface area contributed by atoms with Gasteiger partial charge in [-0.1, -0.05) is 53.0 Å². The number of hydrogen-bond acceptors (Lipinski definition) is 3. The maximum atomic E-state index is 10.8. The summed E-state index contributed by atoms with van der Waals surface area (Å²) in [6, 6.07) is 1.73. The van der Waals surface area contributed by atoms with E-state index in [0.717, 1.165) is 0 Å². The van der Waals surface area contributed by atoms with Gasteiger partial charge in [0, 0.05) is 24.2 Å². The molecular formula is C14H33N3O2S2. The van der Waals surface area contributed by atoms with Gasteiger partial charge < -0.3 is 16.0 Å². The highest BCUT2D eigenvalue weighted by atomic mass is 32.1. The molecule has 0 aliphatic rings. The van der Waals surface area contributed by atoms with E-state index in [2.05, 4.69) is 64.0 Å². The Labute approximate surface area is 141 Å². The van der Waals surface area contributed by atoms with Gasteiger partial charge in [-0.05, 0) is 27.7 Å². The van der Waals surface area contributed by atoms with E-state index in [0.29, 0.717) is 12.1 Å². The predicted molar refractivity (Wildman–Crippen MR) is 98.5 cm³/mol. The van der Waals surface area contributed by atoms with E-state index >= 15 is 0 Å². The molecule has 2 amide bonds. The lowest BCUT2D eigenvalue weighted by molar-refractivity contribution is 0.190. The van der Waals surface area contributed by atoms with Gasteiger partial charge in [-0.2, -0.15) is 0 Å². The third-order valence-electron chi connectivity index (χ3n) is 2.00. The second kappa shape index (κ2) is 14.5. The van der Waals surface area contributed by atoms with E-state index in [1.807, 2.05) is 27.7 Å². The number of primary amides is 1. The van der Waals surface area contributed by atoms with Crippen LogP contribution in [0.3, 0.4) is 0 Å². The van der Waals surface area contributed by atoms with Gasteiger partial charge in [0.15, 0.2) is 0 Å². The van der Waals surface area contributed by atoms with Crippen molar-refractivity contribution in [1.29, 1.82) is 0 Å². The number of hydrogen-bond donors (Lipinski definition) is 4. The van der Waals surface area contributed by atoms with Crippen LogP contribution < -0.4 is 11.1 Å². The first kappa shape index (κ1) is 25.5. The number of carbonyl (C=O) groups is 2. The molecule has 21 heavy (non-hydrogen) atoms. The zero-order valence-electron chi connectivity index (χ0n) is 14.5. The van der Waals surface area contributed by atoms with E-state index in [4.69, 9.17) is 4.79 Å². The van der Waals surface area contributed by atoms with Crippen LogP contribution in [0.2, 0.25) is 0 Å². The Hall–Kier alpha value is -0.400. The predicted octanol–water partition coefficient (Wildman–Crippen LogP) is 3.54. The van der Waals surface area contributed by atoms with Crippen molar-refractivity contribution in [2.45, 2.75) is 79.6 Å². The fourth-order valence-corrected chi connectivity index (χ4v) is 2.17. The number of nitrogens with one attached hydrogen (secondary N) is 1. The minimum Gasteiger partial charge on any atom is -0.361 e. The van der Waals surface area contributed by atoms with Gasteiger partial charge in [-0.3, -0.25) is 9.59 Å². The molecule has 0 aromatic rings. The Morgan fingerprint density at radius 3 is 1.10 bits per heavy atom. The summed E-state index contributed by atoms with van der Waals surface area (Å²) < 4.78 is 0. The molecule has 0 rings (SSSR count). The van der Waals surface area contributed by atoms with Crippen LogP contribution in [0.25, 0.3) is 0 Å². The molecule has 0 aromatic heterocycles. The standard InChI is InChI=1S/C7H15NOS.C6H15N.CH3NOS/c1-5(2)8(6(3)4)7(9)10;1-5(2)7-6(3)4;2-1(3)4/h5-6H,1-4H3,(H,9,10);5-7H,1-4H3;(H3,2,3,4). The molecular weight excluding hydrogens is 306 g/mol. The maximum Gasteiger partial charge on any atom is 0.279 e. The van der Waals surface area contributed by atoms with E-state index < -0.39 is 5.24 Å². The van der Waals surface area contributed by atoms with E-state index in [9.17, 15) is 4.79 Å². The van der Waals surface area contributed by atoms with Crippen LogP contribution in [-0.2, 0) is 0 Å². The summed E-state index contributed by atoms with van der Waals surface area (Å²) in [5.41, 5.74) is 4.34. The van der Waals surface area contributed by atoms with Gasteiger partial charge in [-0.25, -0.2) is 0 Å². The van der Waals surface area contributed by atoms with Gasteiger partial charge in [0.05, 0.1) is 0 Å². The fourth-order valence-electron chi connectivity index (χ4n) is 1.70. The summed E-state index contributed by atoms with van der Waals surface area (Å²) >= 11 is 6.86. The Morgan fingerprint density at radius 1 is 0.857 bits per heavy atom. The molecule has 0 aromatic carbocycles. The molecule has 0 aliphatic carbocycles. The van der Waals surface area contributed by atoms with Gasteiger partial charge in [-0.15, -0.1) is 0 Å². The maximum absolute atomic E-state index is 10.8. The molecule has 3 N–H and O–H groups in total. The van der Waals surface area contributed by atoms with E-state index in [1.165, 1.54) is 0 Å². The summed E-state index contributed by atoms with van der Waals surface area (Å²) in [6.07, 6.45) is 0. The van der Waals surface area contributed by atoms with E-state index in [1.54, 1.807) is 4.90 Å². The average Bonchev–Trinajstić information content (AvgIpc) is 2.11. The van der Waals surface area contributed by atoms with Crippen LogP contribution >= 0.6 is 25.3 Å². The first-order valence-corrected chi connectivity index (χ1v) is 7.97. The summed E-state index contributed by atoms with van der Waals surface area (Å²) in [5, 5.41) is 2.52. The molecule has 0 aliphatic heterocycles. The van der Waals surface area contributed by atoms with Crippen molar-refractivity contribution in [2.75, 3.05) is 0 Å². The first-order valence-electron chi connectivity index (χ1n) is 7.08. The molecule has 7 heteroatoms. The summed E-state index contributed by atoms with van der Waals surface area (Å²) in [4.78, 5) is 21.6. The van der Waals surface area contributed by atoms with Gasteiger partial charge in [0.2, 0.25) is 0 Å². The Balaban J connectivity index is -0.000000256. The van der Waals surface area contributed by atoms with Crippen molar-refractivity contribution in [1.82, 2.24) is 10.2 Å². The normalized spacial score (nSPS) is 10.0. The lowest BCUT2D eigenvalue weighted by Crippen LogP contribution is -2.38. The van der Waals surface area contributed by atoms with Crippen LogP contribution in [0, 0.1) is 0 Å². The van der Waals surface area contributed by atoms with E-state index in [-0.39, 0.29) is 17.3 Å². The molecule has 0 radical (unpaired) electrons. The molecule has 0 fully saturated rings. The van der Waals surface area contributed by atoms with Crippen LogP contribution in [0.5, 0.6) is 0 Å². The smallest absolute Gasteiger partial charge is 0.279 e. The zero-order valence-corrected chi connectivity index (χ0v) is 16.3. The number of amides is 2. The van der Waals surface area contributed by atoms with Crippen molar-refractivity contribution in [3.8, 4) is 0 Å². The topological polar surface area (TPSA) is 75.4 Å². The zero-order chi connectivity index (χ0) is 17.7. The fraction of sp³-hybridized carbons (Fsp3) is 0.857.